The third-order valence-electron chi connectivity index (χ3n) is 5.87. The van der Waals surface area contributed by atoms with Crippen LogP contribution in [0.1, 0.15) is 49.2 Å². The van der Waals surface area contributed by atoms with Crippen LogP contribution in [0.15, 0.2) is 48.1 Å². The number of amides is 1. The molecule has 0 N–H and O–H groups in total. The summed E-state index contributed by atoms with van der Waals surface area (Å²) in [4.78, 5) is 18.2. The smallest absolute Gasteiger partial charge is 0.337 e. The van der Waals surface area contributed by atoms with Crippen LogP contribution in [0, 0.1) is 6.92 Å². The molecule has 1 aromatic carbocycles. The van der Waals surface area contributed by atoms with Crippen molar-refractivity contribution in [2.24, 2.45) is 0 Å². The first kappa shape index (κ1) is 27.3. The van der Waals surface area contributed by atoms with Gasteiger partial charge in [0.1, 0.15) is 0 Å². The average molecular weight is 503 g/mol. The number of halogens is 3. The van der Waals surface area contributed by atoms with E-state index in [2.05, 4.69) is 39.9 Å². The fourth-order valence-electron chi connectivity index (χ4n) is 4.17. The lowest BCUT2D eigenvalue weighted by Crippen LogP contribution is -2.48. The molecule has 2 heterocycles. The Hall–Kier alpha value is -3.27. The summed E-state index contributed by atoms with van der Waals surface area (Å²) in [5, 5.41) is 11.7. The summed E-state index contributed by atoms with van der Waals surface area (Å²) in [6.45, 7) is 13.4. The third kappa shape index (κ3) is 7.87. The van der Waals surface area contributed by atoms with Gasteiger partial charge in [-0.1, -0.05) is 43.2 Å². The van der Waals surface area contributed by atoms with Gasteiger partial charge in [0.05, 0.1) is 12.1 Å². The Balaban J connectivity index is 1.67. The van der Waals surface area contributed by atoms with E-state index >= 15 is 0 Å². The molecule has 2 aromatic rings. The maximum atomic E-state index is 13.3. The quantitative estimate of drug-likeness (QED) is 0.373. The van der Waals surface area contributed by atoms with Gasteiger partial charge in [0.25, 0.3) is 0 Å². The molecule has 3 rings (SSSR count). The predicted molar refractivity (Wildman–Crippen MR) is 133 cm³/mol. The summed E-state index contributed by atoms with van der Waals surface area (Å²) < 4.78 is 39.8. The van der Waals surface area contributed by atoms with E-state index < -0.39 is 11.7 Å². The highest BCUT2D eigenvalue weighted by Crippen LogP contribution is 2.31. The van der Waals surface area contributed by atoms with Crippen LogP contribution < -0.4 is 0 Å². The molecule has 7 nitrogen and oxygen atoms in total. The monoisotopic (exact) mass is 502 g/mol. The number of nitrogens with zero attached hydrogens (tertiary/aromatic N) is 6. The Morgan fingerprint density at radius 1 is 1.19 bits per heavy atom. The van der Waals surface area contributed by atoms with Crippen molar-refractivity contribution in [3.05, 3.63) is 70.6 Å². The molecule has 10 heteroatoms. The fourth-order valence-corrected chi connectivity index (χ4v) is 4.17. The molecule has 1 saturated heterocycles. The molecule has 1 aromatic heterocycles. The Kier molecular flexibility index (Phi) is 9.19. The van der Waals surface area contributed by atoms with E-state index in [4.69, 9.17) is 0 Å². The molecule has 0 atom stereocenters. The SMILES string of the molecule is C=C(C)/C=C(\CCC)CN1CCN(C(=O)/C=C/c2ccc(C(F)(F)F)cc2Cn2nnc(C)n2)CC1. The van der Waals surface area contributed by atoms with Gasteiger partial charge >= 0.3 is 6.18 Å². The lowest BCUT2D eigenvalue weighted by atomic mass is 10.0. The number of aromatic nitrogens is 4. The second kappa shape index (κ2) is 12.1. The van der Waals surface area contributed by atoms with Crippen molar-refractivity contribution in [2.75, 3.05) is 32.7 Å². The Labute approximate surface area is 210 Å². The molecule has 1 aliphatic heterocycles. The van der Waals surface area contributed by atoms with E-state index in [-0.39, 0.29) is 12.5 Å². The second-order valence-electron chi connectivity index (χ2n) is 9.11. The highest BCUT2D eigenvalue weighted by molar-refractivity contribution is 5.92. The van der Waals surface area contributed by atoms with E-state index in [1.165, 1.54) is 22.5 Å². The Morgan fingerprint density at radius 2 is 1.92 bits per heavy atom. The number of rotatable bonds is 9. The fraction of sp³-hybridized carbons (Fsp3) is 0.462. The Bertz CT molecular complexity index is 1130. The van der Waals surface area contributed by atoms with Gasteiger partial charge in [-0.05, 0) is 54.8 Å². The first-order valence-corrected chi connectivity index (χ1v) is 12.0. The van der Waals surface area contributed by atoms with Crippen molar-refractivity contribution in [1.82, 2.24) is 30.0 Å². The van der Waals surface area contributed by atoms with E-state index in [9.17, 15) is 18.0 Å². The van der Waals surface area contributed by atoms with Gasteiger partial charge in [-0.2, -0.15) is 18.0 Å². The average Bonchev–Trinajstić information content (AvgIpc) is 3.22. The van der Waals surface area contributed by atoms with Gasteiger partial charge < -0.3 is 4.90 Å². The molecule has 0 radical (unpaired) electrons. The second-order valence-corrected chi connectivity index (χ2v) is 9.11. The highest BCUT2D eigenvalue weighted by Gasteiger charge is 2.31. The first-order valence-electron chi connectivity index (χ1n) is 12.0. The number of hydrogen-bond donors (Lipinski definition) is 0. The van der Waals surface area contributed by atoms with Gasteiger partial charge in [0, 0.05) is 38.8 Å². The van der Waals surface area contributed by atoms with E-state index in [1.807, 2.05) is 6.92 Å². The van der Waals surface area contributed by atoms with Gasteiger partial charge in [-0.15, -0.1) is 10.2 Å². The zero-order chi connectivity index (χ0) is 26.3. The number of piperazine rings is 1. The Morgan fingerprint density at radius 3 is 2.50 bits per heavy atom. The minimum absolute atomic E-state index is 0.00902. The first-order chi connectivity index (χ1) is 17.0. The van der Waals surface area contributed by atoms with Crippen LogP contribution in [0.3, 0.4) is 0 Å². The van der Waals surface area contributed by atoms with Gasteiger partial charge in [0.15, 0.2) is 5.82 Å². The zero-order valence-corrected chi connectivity index (χ0v) is 21.1. The van der Waals surface area contributed by atoms with E-state index in [0.717, 1.165) is 50.2 Å². The van der Waals surface area contributed by atoms with Crippen molar-refractivity contribution in [2.45, 2.75) is 46.3 Å². The van der Waals surface area contributed by atoms with Crippen LogP contribution in [0.25, 0.3) is 6.08 Å². The number of hydrogen-bond acceptors (Lipinski definition) is 5. The molecule has 0 spiro atoms. The predicted octanol–water partition coefficient (Wildman–Crippen LogP) is 4.51. The van der Waals surface area contributed by atoms with E-state index in [1.54, 1.807) is 17.9 Å². The van der Waals surface area contributed by atoms with Crippen LogP contribution in [-0.2, 0) is 17.5 Å². The standard InChI is InChI=1S/C26H33F3N6O/c1-5-6-21(15-19(2)3)17-33-11-13-34(14-12-33)25(36)10-8-22-7-9-24(26(27,28)29)16-23(22)18-35-31-20(4)30-32-35/h7-10,15-16H,2,5-6,11-14,17-18H2,1,3-4H3/b10-8+,21-15+. The van der Waals surface area contributed by atoms with Crippen LogP contribution in [0.2, 0.25) is 0 Å². The highest BCUT2D eigenvalue weighted by atomic mass is 19.4. The summed E-state index contributed by atoms with van der Waals surface area (Å²) in [5.74, 6) is 0.256. The van der Waals surface area contributed by atoms with Gasteiger partial charge in [-0.25, -0.2) is 0 Å². The molecule has 1 amide bonds. The molecule has 0 aliphatic carbocycles. The number of benzene rings is 1. The largest absolute Gasteiger partial charge is 0.416 e. The van der Waals surface area contributed by atoms with Crippen molar-refractivity contribution in [3.8, 4) is 0 Å². The number of aryl methyl sites for hydroxylation is 1. The third-order valence-corrected chi connectivity index (χ3v) is 5.87. The van der Waals surface area contributed by atoms with Crippen molar-refractivity contribution < 1.29 is 18.0 Å². The zero-order valence-electron chi connectivity index (χ0n) is 21.1. The van der Waals surface area contributed by atoms with Crippen LogP contribution >= 0.6 is 0 Å². The number of carbonyl (C=O) groups is 1. The molecule has 0 bridgehead atoms. The molecule has 1 fully saturated rings. The minimum Gasteiger partial charge on any atom is -0.337 e. The molecule has 0 saturated carbocycles. The maximum Gasteiger partial charge on any atom is 0.416 e. The van der Waals surface area contributed by atoms with Crippen molar-refractivity contribution in [1.29, 1.82) is 0 Å². The molecular formula is C26H33F3N6O. The normalized spacial score (nSPS) is 15.6. The summed E-state index contributed by atoms with van der Waals surface area (Å²) in [5.41, 5.74) is 2.46. The van der Waals surface area contributed by atoms with Crippen molar-refractivity contribution >= 4 is 12.0 Å². The lowest BCUT2D eigenvalue weighted by molar-refractivity contribution is -0.137. The molecule has 194 valence electrons. The van der Waals surface area contributed by atoms with E-state index in [0.29, 0.717) is 30.0 Å². The molecular weight excluding hydrogens is 469 g/mol. The lowest BCUT2D eigenvalue weighted by Gasteiger charge is -2.34. The number of alkyl halides is 3. The maximum absolute atomic E-state index is 13.3. The number of allylic oxidation sites excluding steroid dienone is 2. The minimum atomic E-state index is -4.48. The summed E-state index contributed by atoms with van der Waals surface area (Å²) >= 11 is 0. The van der Waals surface area contributed by atoms with Crippen molar-refractivity contribution in [3.63, 3.8) is 0 Å². The molecule has 0 unspecified atom stereocenters. The summed E-state index contributed by atoms with van der Waals surface area (Å²) in [6.07, 6.45) is 2.74. The summed E-state index contributed by atoms with van der Waals surface area (Å²) in [6, 6.07) is 3.44. The van der Waals surface area contributed by atoms with Crippen LogP contribution in [-0.4, -0.2) is 68.6 Å². The van der Waals surface area contributed by atoms with Crippen LogP contribution in [0.5, 0.6) is 0 Å². The number of carbonyl (C=O) groups excluding carboxylic acids is 1. The number of tetrazole rings is 1. The van der Waals surface area contributed by atoms with Crippen LogP contribution in [0.4, 0.5) is 13.2 Å². The summed E-state index contributed by atoms with van der Waals surface area (Å²) in [7, 11) is 0. The van der Waals surface area contributed by atoms with Gasteiger partial charge in [-0.3, -0.25) is 9.69 Å². The van der Waals surface area contributed by atoms with Gasteiger partial charge in [0.2, 0.25) is 5.91 Å². The topological polar surface area (TPSA) is 67.2 Å². The molecule has 36 heavy (non-hydrogen) atoms. The molecule has 1 aliphatic rings.